The predicted octanol–water partition coefficient (Wildman–Crippen LogP) is 3.59. The average molecular weight is 358 g/mol. The van der Waals surface area contributed by atoms with Gasteiger partial charge in [-0.15, -0.1) is 0 Å². The minimum atomic E-state index is -0.167. The van der Waals surface area contributed by atoms with E-state index in [0.717, 1.165) is 22.3 Å². The summed E-state index contributed by atoms with van der Waals surface area (Å²) in [5.41, 5.74) is 1.98. The number of para-hydroxylation sites is 1. The van der Waals surface area contributed by atoms with Crippen LogP contribution in [0.15, 0.2) is 59.0 Å². The van der Waals surface area contributed by atoms with Gasteiger partial charge in [0.05, 0.1) is 6.04 Å². The summed E-state index contributed by atoms with van der Waals surface area (Å²) in [7, 11) is 0. The van der Waals surface area contributed by atoms with E-state index in [1.165, 1.54) is 0 Å². The zero-order valence-electron chi connectivity index (χ0n) is 14.3. The Bertz CT molecular complexity index is 825. The van der Waals surface area contributed by atoms with Crippen molar-refractivity contribution in [2.24, 2.45) is 0 Å². The molecule has 0 spiro atoms. The van der Waals surface area contributed by atoms with Gasteiger partial charge in [-0.05, 0) is 38.1 Å². The largest absolute Gasteiger partial charge is 0.459 e. The van der Waals surface area contributed by atoms with Gasteiger partial charge in [0.2, 0.25) is 0 Å². The quantitative estimate of drug-likeness (QED) is 0.708. The number of nitrogens with two attached hydrogens (primary N) is 1. The van der Waals surface area contributed by atoms with Gasteiger partial charge in [-0.1, -0.05) is 41.9 Å². The van der Waals surface area contributed by atoms with Crippen molar-refractivity contribution in [2.75, 3.05) is 6.54 Å². The van der Waals surface area contributed by atoms with Crippen LogP contribution in [0.1, 0.15) is 37.3 Å². The first-order chi connectivity index (χ1) is 12.0. The molecule has 5 heteroatoms. The maximum atomic E-state index is 12.2. The summed E-state index contributed by atoms with van der Waals surface area (Å²) < 4.78 is 5.80. The molecular formula is C20H22ClN2O2+. The van der Waals surface area contributed by atoms with Crippen LogP contribution in [-0.4, -0.2) is 12.5 Å². The Morgan fingerprint density at radius 3 is 2.60 bits per heavy atom. The van der Waals surface area contributed by atoms with Crippen molar-refractivity contribution in [3.63, 3.8) is 0 Å². The van der Waals surface area contributed by atoms with Gasteiger partial charge < -0.3 is 15.1 Å². The molecule has 3 aromatic rings. The molecule has 1 amide bonds. The van der Waals surface area contributed by atoms with Crippen LogP contribution in [0.4, 0.5) is 0 Å². The predicted molar refractivity (Wildman–Crippen MR) is 99.4 cm³/mol. The number of nitrogens with one attached hydrogen (secondary N) is 1. The molecule has 0 bridgehead atoms. The number of amides is 1. The van der Waals surface area contributed by atoms with Gasteiger partial charge in [-0.2, -0.15) is 0 Å². The van der Waals surface area contributed by atoms with Gasteiger partial charge in [0.25, 0.3) is 5.91 Å². The summed E-state index contributed by atoms with van der Waals surface area (Å²) in [6, 6.07) is 17.5. The number of hydrogen-bond acceptors (Lipinski definition) is 2. The van der Waals surface area contributed by atoms with Gasteiger partial charge in [-0.3, -0.25) is 4.79 Å². The number of rotatable bonds is 6. The van der Waals surface area contributed by atoms with E-state index in [1.807, 2.05) is 66.8 Å². The summed E-state index contributed by atoms with van der Waals surface area (Å²) in [5, 5.41) is 6.75. The first-order valence-electron chi connectivity index (χ1n) is 8.39. The van der Waals surface area contributed by atoms with Crippen molar-refractivity contribution < 1.29 is 14.5 Å². The molecule has 0 unspecified atom stereocenters. The van der Waals surface area contributed by atoms with Crippen LogP contribution in [0.25, 0.3) is 11.0 Å². The van der Waals surface area contributed by atoms with Gasteiger partial charge in [0.1, 0.15) is 17.4 Å². The van der Waals surface area contributed by atoms with Crippen LogP contribution >= 0.6 is 11.6 Å². The Hall–Kier alpha value is -2.30. The molecule has 3 rings (SSSR count). The molecule has 1 aromatic heterocycles. The Kier molecular flexibility index (Phi) is 5.41. The number of benzene rings is 2. The zero-order chi connectivity index (χ0) is 17.8. The summed E-state index contributed by atoms with van der Waals surface area (Å²) in [6.07, 6.45) is 0. The number of fused-ring (bicyclic) bond motifs is 1. The van der Waals surface area contributed by atoms with Crippen LogP contribution < -0.4 is 10.6 Å². The Morgan fingerprint density at radius 1 is 1.16 bits per heavy atom. The van der Waals surface area contributed by atoms with Crippen molar-refractivity contribution in [2.45, 2.75) is 25.9 Å². The highest BCUT2D eigenvalue weighted by molar-refractivity contribution is 6.30. The molecule has 0 fully saturated rings. The normalized spacial score (nSPS) is 13.6. The van der Waals surface area contributed by atoms with E-state index in [1.54, 1.807) is 0 Å². The number of quaternary nitrogens is 1. The molecule has 2 atom stereocenters. The number of furan rings is 1. The van der Waals surface area contributed by atoms with E-state index in [2.05, 4.69) is 12.2 Å². The molecule has 3 N–H and O–H groups in total. The molecule has 0 radical (unpaired) electrons. The Morgan fingerprint density at radius 2 is 1.88 bits per heavy atom. The fourth-order valence-corrected chi connectivity index (χ4v) is 2.90. The van der Waals surface area contributed by atoms with E-state index >= 15 is 0 Å². The number of carbonyl (C=O) groups is 1. The summed E-state index contributed by atoms with van der Waals surface area (Å²) in [5.74, 6) is 0.745. The topological polar surface area (TPSA) is 58.9 Å². The minimum Gasteiger partial charge on any atom is -0.459 e. The standard InChI is InChI=1S/C20H21ClN2O2/c1-13(15-7-9-17(21)10-8-15)22-12-20(24)23-14(2)19-11-16-5-3-4-6-18(16)25-19/h3-11,13-14,22H,12H2,1-2H3,(H,23,24)/p+1/t13-,14-/m1/s1. The lowest BCUT2D eigenvalue weighted by Gasteiger charge is -2.13. The molecule has 1 heterocycles. The third-order valence-electron chi connectivity index (χ3n) is 4.30. The second-order valence-electron chi connectivity index (χ2n) is 6.26. The minimum absolute atomic E-state index is 0.0197. The molecule has 4 nitrogen and oxygen atoms in total. The van der Waals surface area contributed by atoms with Crippen molar-refractivity contribution in [3.05, 3.63) is 70.9 Å². The third kappa shape index (κ3) is 4.41. The highest BCUT2D eigenvalue weighted by atomic mass is 35.5. The van der Waals surface area contributed by atoms with Crippen LogP contribution in [0.2, 0.25) is 5.02 Å². The molecule has 0 saturated carbocycles. The molecule has 0 aliphatic heterocycles. The van der Waals surface area contributed by atoms with Crippen LogP contribution in [0.5, 0.6) is 0 Å². The van der Waals surface area contributed by atoms with Crippen molar-refractivity contribution in [1.82, 2.24) is 5.32 Å². The lowest BCUT2D eigenvalue weighted by Crippen LogP contribution is -2.87. The number of halogens is 1. The van der Waals surface area contributed by atoms with Crippen molar-refractivity contribution in [3.8, 4) is 0 Å². The molecular weight excluding hydrogens is 336 g/mol. The van der Waals surface area contributed by atoms with Crippen LogP contribution in [0.3, 0.4) is 0 Å². The number of hydrogen-bond donors (Lipinski definition) is 2. The molecule has 2 aromatic carbocycles. The van der Waals surface area contributed by atoms with E-state index in [0.29, 0.717) is 11.6 Å². The highest BCUT2D eigenvalue weighted by Crippen LogP contribution is 2.23. The zero-order valence-corrected chi connectivity index (χ0v) is 15.1. The Labute approximate surface area is 152 Å². The highest BCUT2D eigenvalue weighted by Gasteiger charge is 2.16. The Balaban J connectivity index is 1.53. The smallest absolute Gasteiger partial charge is 0.275 e. The first kappa shape index (κ1) is 17.5. The lowest BCUT2D eigenvalue weighted by molar-refractivity contribution is -0.682. The van der Waals surface area contributed by atoms with Gasteiger partial charge in [0.15, 0.2) is 6.54 Å². The third-order valence-corrected chi connectivity index (χ3v) is 4.55. The SMILES string of the molecule is C[C@@H](NC(=O)C[NH2+][C@H](C)c1ccc(Cl)cc1)c1cc2ccccc2o1. The molecule has 130 valence electrons. The fourth-order valence-electron chi connectivity index (χ4n) is 2.77. The fraction of sp³-hybridized carbons (Fsp3) is 0.250. The molecule has 0 aliphatic rings. The average Bonchev–Trinajstić information content (AvgIpc) is 3.04. The van der Waals surface area contributed by atoms with E-state index in [4.69, 9.17) is 16.0 Å². The van der Waals surface area contributed by atoms with E-state index in [9.17, 15) is 4.79 Å². The van der Waals surface area contributed by atoms with Crippen LogP contribution in [-0.2, 0) is 4.79 Å². The first-order valence-corrected chi connectivity index (χ1v) is 8.77. The summed E-state index contributed by atoms with van der Waals surface area (Å²) in [6.45, 7) is 4.35. The molecule has 0 saturated heterocycles. The van der Waals surface area contributed by atoms with E-state index < -0.39 is 0 Å². The summed E-state index contributed by atoms with van der Waals surface area (Å²) in [4.78, 5) is 12.2. The van der Waals surface area contributed by atoms with Crippen molar-refractivity contribution in [1.29, 1.82) is 0 Å². The van der Waals surface area contributed by atoms with E-state index in [-0.39, 0.29) is 18.0 Å². The molecule has 25 heavy (non-hydrogen) atoms. The molecule has 0 aliphatic carbocycles. The second-order valence-corrected chi connectivity index (χ2v) is 6.69. The van der Waals surface area contributed by atoms with Gasteiger partial charge >= 0.3 is 0 Å². The second kappa shape index (κ2) is 7.72. The maximum Gasteiger partial charge on any atom is 0.275 e. The van der Waals surface area contributed by atoms with Crippen molar-refractivity contribution >= 4 is 28.5 Å². The van der Waals surface area contributed by atoms with Crippen LogP contribution in [0, 0.1) is 0 Å². The lowest BCUT2D eigenvalue weighted by atomic mass is 10.1. The summed E-state index contributed by atoms with van der Waals surface area (Å²) >= 11 is 5.91. The van der Waals surface area contributed by atoms with Gasteiger partial charge in [0, 0.05) is 16.0 Å². The maximum absolute atomic E-state index is 12.2. The number of carbonyl (C=O) groups excluding carboxylic acids is 1. The monoisotopic (exact) mass is 357 g/mol. The van der Waals surface area contributed by atoms with Gasteiger partial charge in [-0.25, -0.2) is 0 Å².